The summed E-state index contributed by atoms with van der Waals surface area (Å²) in [7, 11) is 0. The molecule has 1 amide bonds. The Morgan fingerprint density at radius 3 is 3.19 bits per heavy atom. The Kier molecular flexibility index (Phi) is 3.10. The molecule has 0 fully saturated rings. The van der Waals surface area contributed by atoms with Crippen molar-refractivity contribution in [1.29, 1.82) is 0 Å². The number of hydrogen-bond donors (Lipinski definition) is 3. The fraction of sp³-hybridized carbons (Fsp3) is 0.417. The van der Waals surface area contributed by atoms with E-state index in [2.05, 4.69) is 10.6 Å². The van der Waals surface area contributed by atoms with Crippen molar-refractivity contribution < 1.29 is 9.90 Å². The number of benzene rings is 1. The van der Waals surface area contributed by atoms with E-state index in [4.69, 9.17) is 5.11 Å². The van der Waals surface area contributed by atoms with Crippen LogP contribution in [-0.2, 0) is 6.42 Å². The van der Waals surface area contributed by atoms with E-state index in [-0.39, 0.29) is 18.6 Å². The summed E-state index contributed by atoms with van der Waals surface area (Å²) in [5.41, 5.74) is 2.93. The second-order valence-corrected chi connectivity index (χ2v) is 4.11. The Morgan fingerprint density at radius 2 is 2.44 bits per heavy atom. The van der Waals surface area contributed by atoms with Gasteiger partial charge in [-0.2, -0.15) is 0 Å². The van der Waals surface area contributed by atoms with Crippen molar-refractivity contribution in [2.75, 3.05) is 18.5 Å². The van der Waals surface area contributed by atoms with Gasteiger partial charge < -0.3 is 15.7 Å². The molecule has 3 N–H and O–H groups in total. The number of nitrogens with one attached hydrogen (secondary N) is 2. The van der Waals surface area contributed by atoms with Gasteiger partial charge in [-0.25, -0.2) is 0 Å². The summed E-state index contributed by atoms with van der Waals surface area (Å²) in [6, 6.07) is 5.45. The molecule has 0 bridgehead atoms. The molecule has 4 nitrogen and oxygen atoms in total. The van der Waals surface area contributed by atoms with E-state index in [1.807, 2.05) is 18.2 Å². The molecule has 1 atom stereocenters. The Balaban J connectivity index is 2.12. The summed E-state index contributed by atoms with van der Waals surface area (Å²) < 4.78 is 0. The van der Waals surface area contributed by atoms with Crippen LogP contribution in [0.2, 0.25) is 0 Å². The molecule has 0 radical (unpaired) electrons. The van der Waals surface area contributed by atoms with E-state index in [9.17, 15) is 4.79 Å². The average molecular weight is 220 g/mol. The minimum Gasteiger partial charge on any atom is -0.394 e. The van der Waals surface area contributed by atoms with Gasteiger partial charge in [-0.3, -0.25) is 4.79 Å². The number of anilines is 1. The standard InChI is InChI=1S/C12H16N2O2/c1-8(7-15)14-12(16)10-3-2-9-4-5-13-11(9)6-10/h2-3,6,8,13,15H,4-5,7H2,1H3,(H,14,16)/t8-/m0/s1. The maximum Gasteiger partial charge on any atom is 0.251 e. The van der Waals surface area contributed by atoms with Crippen molar-refractivity contribution in [3.8, 4) is 0 Å². The van der Waals surface area contributed by atoms with E-state index in [0.717, 1.165) is 18.7 Å². The molecule has 16 heavy (non-hydrogen) atoms. The van der Waals surface area contributed by atoms with Gasteiger partial charge in [-0.15, -0.1) is 0 Å². The first kappa shape index (κ1) is 11.0. The quantitative estimate of drug-likeness (QED) is 0.705. The minimum atomic E-state index is -0.214. The molecule has 0 saturated heterocycles. The normalized spacial score (nSPS) is 15.1. The van der Waals surface area contributed by atoms with E-state index in [0.29, 0.717) is 5.56 Å². The number of carbonyl (C=O) groups excluding carboxylic acids is 1. The Bertz CT molecular complexity index is 404. The number of aliphatic hydroxyl groups excluding tert-OH is 1. The van der Waals surface area contributed by atoms with E-state index in [1.165, 1.54) is 5.56 Å². The smallest absolute Gasteiger partial charge is 0.251 e. The monoisotopic (exact) mass is 220 g/mol. The lowest BCUT2D eigenvalue weighted by Gasteiger charge is -2.11. The molecule has 1 aromatic rings. The molecule has 1 aliphatic heterocycles. The van der Waals surface area contributed by atoms with Crippen molar-refractivity contribution >= 4 is 11.6 Å². The fourth-order valence-corrected chi connectivity index (χ4v) is 1.78. The molecule has 1 aliphatic rings. The van der Waals surface area contributed by atoms with Crippen LogP contribution in [-0.4, -0.2) is 30.2 Å². The molecule has 1 heterocycles. The third kappa shape index (κ3) is 2.17. The van der Waals surface area contributed by atoms with Crippen LogP contribution in [0, 0.1) is 0 Å². The van der Waals surface area contributed by atoms with Gasteiger partial charge in [-0.1, -0.05) is 6.07 Å². The van der Waals surface area contributed by atoms with Crippen molar-refractivity contribution in [2.45, 2.75) is 19.4 Å². The maximum atomic E-state index is 11.8. The molecule has 0 unspecified atom stereocenters. The minimum absolute atomic E-state index is 0.0467. The zero-order valence-corrected chi connectivity index (χ0v) is 9.29. The van der Waals surface area contributed by atoms with Crippen molar-refractivity contribution in [3.05, 3.63) is 29.3 Å². The van der Waals surface area contributed by atoms with Gasteiger partial charge in [0.1, 0.15) is 0 Å². The van der Waals surface area contributed by atoms with Gasteiger partial charge in [0.2, 0.25) is 0 Å². The number of rotatable bonds is 3. The predicted octanol–water partition coefficient (Wildman–Crippen LogP) is 0.765. The number of fused-ring (bicyclic) bond motifs is 1. The largest absolute Gasteiger partial charge is 0.394 e. The molecule has 0 saturated carbocycles. The second-order valence-electron chi connectivity index (χ2n) is 4.11. The zero-order valence-electron chi connectivity index (χ0n) is 9.29. The fourth-order valence-electron chi connectivity index (χ4n) is 1.78. The topological polar surface area (TPSA) is 61.4 Å². The highest BCUT2D eigenvalue weighted by molar-refractivity contribution is 5.95. The van der Waals surface area contributed by atoms with Gasteiger partial charge in [0, 0.05) is 23.8 Å². The Morgan fingerprint density at radius 1 is 1.62 bits per heavy atom. The van der Waals surface area contributed by atoms with Gasteiger partial charge in [0.25, 0.3) is 5.91 Å². The molecular formula is C12H16N2O2. The maximum absolute atomic E-state index is 11.8. The molecule has 0 aliphatic carbocycles. The first-order valence-electron chi connectivity index (χ1n) is 5.49. The van der Waals surface area contributed by atoms with Gasteiger partial charge in [0.15, 0.2) is 0 Å². The highest BCUT2D eigenvalue weighted by Gasteiger charge is 2.14. The van der Waals surface area contributed by atoms with Gasteiger partial charge in [0.05, 0.1) is 6.61 Å². The number of aliphatic hydroxyl groups is 1. The molecule has 4 heteroatoms. The second kappa shape index (κ2) is 4.53. The van der Waals surface area contributed by atoms with Gasteiger partial charge >= 0.3 is 0 Å². The number of carbonyl (C=O) groups is 1. The van der Waals surface area contributed by atoms with Crippen LogP contribution in [0.25, 0.3) is 0 Å². The predicted molar refractivity (Wildman–Crippen MR) is 62.6 cm³/mol. The lowest BCUT2D eigenvalue weighted by molar-refractivity contribution is 0.0922. The summed E-state index contributed by atoms with van der Waals surface area (Å²) in [6.07, 6.45) is 1.02. The van der Waals surface area contributed by atoms with E-state index < -0.39 is 0 Å². The first-order chi connectivity index (χ1) is 7.70. The Labute approximate surface area is 94.7 Å². The first-order valence-corrected chi connectivity index (χ1v) is 5.49. The summed E-state index contributed by atoms with van der Waals surface area (Å²) >= 11 is 0. The highest BCUT2D eigenvalue weighted by Crippen LogP contribution is 2.23. The van der Waals surface area contributed by atoms with E-state index in [1.54, 1.807) is 6.92 Å². The third-order valence-electron chi connectivity index (χ3n) is 2.73. The number of hydrogen-bond acceptors (Lipinski definition) is 3. The molecule has 86 valence electrons. The van der Waals surface area contributed by atoms with Crippen LogP contribution in [0.1, 0.15) is 22.8 Å². The van der Waals surface area contributed by atoms with Crippen LogP contribution < -0.4 is 10.6 Å². The molecule has 1 aromatic carbocycles. The lowest BCUT2D eigenvalue weighted by atomic mass is 10.1. The van der Waals surface area contributed by atoms with Crippen molar-refractivity contribution in [1.82, 2.24) is 5.32 Å². The Hall–Kier alpha value is -1.55. The molecular weight excluding hydrogens is 204 g/mol. The highest BCUT2D eigenvalue weighted by atomic mass is 16.3. The van der Waals surface area contributed by atoms with Crippen LogP contribution in [0.15, 0.2) is 18.2 Å². The van der Waals surface area contributed by atoms with Crippen molar-refractivity contribution in [2.24, 2.45) is 0 Å². The summed E-state index contributed by atoms with van der Waals surface area (Å²) in [5.74, 6) is -0.141. The number of amides is 1. The SMILES string of the molecule is C[C@@H](CO)NC(=O)c1ccc2c(c1)NCC2. The van der Waals surface area contributed by atoms with Crippen molar-refractivity contribution in [3.63, 3.8) is 0 Å². The van der Waals surface area contributed by atoms with Crippen LogP contribution >= 0.6 is 0 Å². The van der Waals surface area contributed by atoms with Gasteiger partial charge in [-0.05, 0) is 31.0 Å². The molecule has 0 aromatic heterocycles. The zero-order chi connectivity index (χ0) is 11.5. The third-order valence-corrected chi connectivity index (χ3v) is 2.73. The average Bonchev–Trinajstić information content (AvgIpc) is 2.75. The molecule has 2 rings (SSSR count). The van der Waals surface area contributed by atoms with Crippen LogP contribution in [0.4, 0.5) is 5.69 Å². The molecule has 0 spiro atoms. The van der Waals surface area contributed by atoms with Crippen LogP contribution in [0.5, 0.6) is 0 Å². The summed E-state index contributed by atoms with van der Waals surface area (Å²) in [6.45, 7) is 2.66. The van der Waals surface area contributed by atoms with Crippen LogP contribution in [0.3, 0.4) is 0 Å². The summed E-state index contributed by atoms with van der Waals surface area (Å²) in [5, 5.41) is 14.8. The lowest BCUT2D eigenvalue weighted by Crippen LogP contribution is -2.34. The summed E-state index contributed by atoms with van der Waals surface area (Å²) in [4.78, 5) is 11.8. The van der Waals surface area contributed by atoms with E-state index >= 15 is 0 Å².